The third-order valence-electron chi connectivity index (χ3n) is 0.986. The molecule has 0 aliphatic carbocycles. The normalized spacial score (nSPS) is 10.8. The fraction of sp³-hybridized carbons (Fsp3) is 0.500. The average molecular weight is 257 g/mol. The van der Waals surface area contributed by atoms with Crippen molar-refractivity contribution in [2.24, 2.45) is 11.5 Å². The SMILES string of the molecule is N[C@@H](CCC(=O)O)C(=O)O.N[C](=O)[Zn]. The van der Waals surface area contributed by atoms with Gasteiger partial charge < -0.3 is 15.9 Å². The van der Waals surface area contributed by atoms with E-state index in [0.29, 0.717) is 18.3 Å². The molecule has 6 N–H and O–H groups in total. The van der Waals surface area contributed by atoms with Crippen LogP contribution < -0.4 is 11.5 Å². The van der Waals surface area contributed by atoms with Gasteiger partial charge in [0.25, 0.3) is 0 Å². The van der Waals surface area contributed by atoms with Gasteiger partial charge in [-0.15, -0.1) is 0 Å². The number of aliphatic carboxylic acids is 2. The number of carboxylic acids is 2. The summed E-state index contributed by atoms with van der Waals surface area (Å²) in [4.78, 5) is 29.1. The Hall–Kier alpha value is -1.01. The van der Waals surface area contributed by atoms with Crippen LogP contribution in [0.2, 0.25) is 0 Å². The summed E-state index contributed by atoms with van der Waals surface area (Å²) in [6.07, 6.45) is -0.224. The Morgan fingerprint density at radius 1 is 1.29 bits per heavy atom. The van der Waals surface area contributed by atoms with Gasteiger partial charge in [0.15, 0.2) is 0 Å². The molecule has 0 aromatic carbocycles. The molecule has 1 atom stereocenters. The molecule has 0 heterocycles. The second kappa shape index (κ2) is 8.59. The molecular formula is C6H11N2O5Zn. The van der Waals surface area contributed by atoms with Crippen LogP contribution in [0.1, 0.15) is 12.8 Å². The van der Waals surface area contributed by atoms with Crippen molar-refractivity contribution in [1.29, 1.82) is 0 Å². The first kappa shape index (κ1) is 15.5. The Labute approximate surface area is 90.1 Å². The van der Waals surface area contributed by atoms with Crippen molar-refractivity contribution in [2.45, 2.75) is 18.9 Å². The summed E-state index contributed by atoms with van der Waals surface area (Å²) in [5, 5.41) is 16.3. The minimum absolute atomic E-state index is 0.0231. The topological polar surface area (TPSA) is 144 Å². The zero-order valence-corrected chi connectivity index (χ0v) is 10.4. The van der Waals surface area contributed by atoms with Gasteiger partial charge in [-0.05, 0) is 6.42 Å². The fourth-order valence-electron chi connectivity index (χ4n) is 0.402. The number of hydrogen-bond acceptors (Lipinski definition) is 4. The molecule has 0 fully saturated rings. The molecule has 0 aliphatic heterocycles. The number of nitrogens with two attached hydrogens (primary N) is 2. The third kappa shape index (κ3) is 17.2. The molecule has 0 bridgehead atoms. The van der Waals surface area contributed by atoms with E-state index in [1.54, 1.807) is 0 Å². The van der Waals surface area contributed by atoms with Gasteiger partial charge in [0, 0.05) is 6.42 Å². The Balaban J connectivity index is 0. The monoisotopic (exact) mass is 255 g/mol. The predicted molar refractivity (Wildman–Crippen MR) is 42.1 cm³/mol. The molecule has 8 heteroatoms. The van der Waals surface area contributed by atoms with Crippen molar-refractivity contribution in [3.63, 3.8) is 0 Å². The van der Waals surface area contributed by atoms with Crippen LogP contribution in [0.4, 0.5) is 4.79 Å². The molecule has 0 saturated heterocycles. The summed E-state index contributed by atoms with van der Waals surface area (Å²) in [6, 6.07) is -1.06. The second-order valence-corrected chi connectivity index (χ2v) is 3.81. The Kier molecular flexibility index (Phi) is 9.48. The quantitative estimate of drug-likeness (QED) is 0.469. The van der Waals surface area contributed by atoms with E-state index in [-0.39, 0.29) is 17.3 Å². The number of amides is 1. The molecule has 14 heavy (non-hydrogen) atoms. The molecular weight excluding hydrogens is 245 g/mol. The Bertz CT molecular complexity index is 216. The van der Waals surface area contributed by atoms with E-state index in [0.717, 1.165) is 0 Å². The van der Waals surface area contributed by atoms with E-state index < -0.39 is 18.0 Å². The van der Waals surface area contributed by atoms with Crippen molar-refractivity contribution < 1.29 is 42.9 Å². The Morgan fingerprint density at radius 3 is 1.86 bits per heavy atom. The number of rotatable bonds is 4. The van der Waals surface area contributed by atoms with Crippen molar-refractivity contribution in [2.75, 3.05) is 0 Å². The molecule has 0 spiro atoms. The van der Waals surface area contributed by atoms with Gasteiger partial charge in [0.2, 0.25) is 0 Å². The molecule has 0 radical (unpaired) electrons. The molecule has 0 saturated carbocycles. The first-order valence-corrected chi connectivity index (χ1v) is 5.07. The van der Waals surface area contributed by atoms with Gasteiger partial charge in [0.1, 0.15) is 6.04 Å². The van der Waals surface area contributed by atoms with Crippen LogP contribution in [-0.2, 0) is 27.9 Å². The van der Waals surface area contributed by atoms with Gasteiger partial charge in [-0.3, -0.25) is 9.59 Å². The van der Waals surface area contributed by atoms with Crippen LogP contribution in [0.5, 0.6) is 0 Å². The third-order valence-corrected chi connectivity index (χ3v) is 0.986. The summed E-state index contributed by atoms with van der Waals surface area (Å²) < 4.78 is -0.208. The molecule has 1 amide bonds. The van der Waals surface area contributed by atoms with Crippen LogP contribution in [0.25, 0.3) is 0 Å². The number of primary amides is 1. The van der Waals surface area contributed by atoms with E-state index in [1.807, 2.05) is 0 Å². The number of carbonyl (C=O) groups is 3. The van der Waals surface area contributed by atoms with Crippen molar-refractivity contribution in [3.05, 3.63) is 0 Å². The molecule has 0 aromatic rings. The molecule has 77 valence electrons. The zero-order chi connectivity index (χ0) is 11.7. The fourth-order valence-corrected chi connectivity index (χ4v) is 0.402. The van der Waals surface area contributed by atoms with Crippen LogP contribution in [0.15, 0.2) is 0 Å². The van der Waals surface area contributed by atoms with Gasteiger partial charge in [-0.1, -0.05) is 0 Å². The van der Waals surface area contributed by atoms with Gasteiger partial charge in [-0.25, -0.2) is 0 Å². The maximum atomic E-state index is 9.99. The average Bonchev–Trinajstić information content (AvgIpc) is 1.98. The van der Waals surface area contributed by atoms with Crippen LogP contribution in [0, 0.1) is 0 Å². The second-order valence-electron chi connectivity index (χ2n) is 2.34. The van der Waals surface area contributed by atoms with Crippen LogP contribution in [0.3, 0.4) is 0 Å². The number of carbonyl (C=O) groups excluding carboxylic acids is 1. The molecule has 0 aromatic heterocycles. The number of carboxylic acid groups (broad SMARTS) is 2. The summed E-state index contributed by atoms with van der Waals surface area (Å²) in [6.45, 7) is 0. The Morgan fingerprint density at radius 2 is 1.64 bits per heavy atom. The van der Waals surface area contributed by atoms with E-state index in [4.69, 9.17) is 15.9 Å². The summed E-state index contributed by atoms with van der Waals surface area (Å²) in [7, 11) is 0. The van der Waals surface area contributed by atoms with Crippen LogP contribution >= 0.6 is 0 Å². The van der Waals surface area contributed by atoms with Gasteiger partial charge in [-0.2, -0.15) is 0 Å². The van der Waals surface area contributed by atoms with Crippen molar-refractivity contribution >= 4 is 16.4 Å². The van der Waals surface area contributed by atoms with E-state index in [2.05, 4.69) is 5.73 Å². The number of hydrogen-bond donors (Lipinski definition) is 4. The standard InChI is InChI=1S/C5H9NO4.CH2NO.Zn/c6-3(5(9)10)1-2-4(7)8;2-1-3;/h3H,1-2,6H2,(H,7,8)(H,9,10);(H2,2,3);/t3-;;/m0../s1. The summed E-state index contributed by atoms with van der Waals surface area (Å²) >= 11 is 0.569. The predicted octanol–water partition coefficient (Wildman–Crippen LogP) is -1.12. The molecule has 0 aliphatic rings. The van der Waals surface area contributed by atoms with Crippen molar-refractivity contribution in [3.8, 4) is 0 Å². The summed E-state index contributed by atoms with van der Waals surface area (Å²) in [5.41, 5.74) is 9.53. The van der Waals surface area contributed by atoms with Gasteiger partial charge in [0.05, 0.1) is 0 Å². The molecule has 0 unspecified atom stereocenters. The van der Waals surface area contributed by atoms with Crippen LogP contribution in [-0.4, -0.2) is 32.7 Å². The first-order valence-electron chi connectivity index (χ1n) is 3.59. The minimum atomic E-state index is -1.17. The van der Waals surface area contributed by atoms with E-state index in [9.17, 15) is 14.4 Å². The van der Waals surface area contributed by atoms with E-state index >= 15 is 0 Å². The first-order chi connectivity index (χ1) is 6.27. The maximum absolute atomic E-state index is 9.99. The van der Waals surface area contributed by atoms with Gasteiger partial charge >= 0.3 is 45.3 Å². The van der Waals surface area contributed by atoms with E-state index in [1.165, 1.54) is 0 Å². The summed E-state index contributed by atoms with van der Waals surface area (Å²) in [5.74, 6) is -2.20. The molecule has 0 rings (SSSR count). The van der Waals surface area contributed by atoms with Crippen molar-refractivity contribution in [1.82, 2.24) is 0 Å². The zero-order valence-electron chi connectivity index (χ0n) is 7.47. The molecule has 7 nitrogen and oxygen atoms in total.